The van der Waals surface area contributed by atoms with Crippen molar-refractivity contribution < 1.29 is 9.90 Å². The van der Waals surface area contributed by atoms with Crippen LogP contribution in [0.1, 0.15) is 18.5 Å². The third kappa shape index (κ3) is 1.13. The van der Waals surface area contributed by atoms with E-state index in [-0.39, 0.29) is 5.41 Å². The quantitative estimate of drug-likeness (QED) is 0.703. The van der Waals surface area contributed by atoms with Gasteiger partial charge in [0.05, 0.1) is 0 Å². The maximum absolute atomic E-state index is 10.8. The van der Waals surface area contributed by atoms with Crippen molar-refractivity contribution in [2.45, 2.75) is 24.3 Å². The van der Waals surface area contributed by atoms with E-state index in [1.54, 1.807) is 10.9 Å². The molecule has 2 rings (SSSR count). The first kappa shape index (κ1) is 9.21. The summed E-state index contributed by atoms with van der Waals surface area (Å²) in [5.41, 5.74) is 6.22. The van der Waals surface area contributed by atoms with Gasteiger partial charge < -0.3 is 10.8 Å². The van der Waals surface area contributed by atoms with E-state index in [4.69, 9.17) is 10.8 Å². The summed E-state index contributed by atoms with van der Waals surface area (Å²) >= 11 is 0. The molecule has 14 heavy (non-hydrogen) atoms. The van der Waals surface area contributed by atoms with Crippen molar-refractivity contribution in [3.05, 3.63) is 18.0 Å². The van der Waals surface area contributed by atoms with Gasteiger partial charge in [0.25, 0.3) is 0 Å². The Labute approximate surface area is 81.5 Å². The first-order chi connectivity index (χ1) is 6.58. The summed E-state index contributed by atoms with van der Waals surface area (Å²) in [6.07, 6.45) is 3.34. The molecule has 1 aliphatic rings. The summed E-state index contributed by atoms with van der Waals surface area (Å²) in [6, 6.07) is 1.02. The fraction of sp³-hybridized carbons (Fsp3) is 0.556. The number of aryl methyl sites for hydroxylation is 1. The minimum absolute atomic E-state index is 0.378. The Kier molecular flexibility index (Phi) is 1.85. The maximum atomic E-state index is 10.8. The SMILES string of the molecule is Cn1nccc1C1(C(N)C(=O)O)CC1. The molecule has 5 nitrogen and oxygen atoms in total. The fourth-order valence-electron chi connectivity index (χ4n) is 1.96. The zero-order chi connectivity index (χ0) is 10.3. The second kappa shape index (κ2) is 2.81. The Morgan fingerprint density at radius 1 is 1.79 bits per heavy atom. The highest BCUT2D eigenvalue weighted by Gasteiger charge is 2.54. The number of carboxylic acid groups (broad SMARTS) is 1. The summed E-state index contributed by atoms with van der Waals surface area (Å²) in [4.78, 5) is 10.8. The first-order valence-corrected chi connectivity index (χ1v) is 4.55. The molecule has 0 radical (unpaired) electrons. The highest BCUT2D eigenvalue weighted by atomic mass is 16.4. The van der Waals surface area contributed by atoms with E-state index in [2.05, 4.69) is 5.10 Å². The second-order valence-electron chi connectivity index (χ2n) is 3.81. The number of aliphatic carboxylic acids is 1. The van der Waals surface area contributed by atoms with Crippen molar-refractivity contribution in [3.63, 3.8) is 0 Å². The van der Waals surface area contributed by atoms with E-state index in [9.17, 15) is 4.79 Å². The van der Waals surface area contributed by atoms with Crippen molar-refractivity contribution in [1.29, 1.82) is 0 Å². The molecule has 1 aromatic heterocycles. The molecule has 0 saturated heterocycles. The van der Waals surface area contributed by atoms with Gasteiger partial charge in [-0.1, -0.05) is 0 Å². The summed E-state index contributed by atoms with van der Waals surface area (Å²) in [5, 5.41) is 12.9. The molecule has 3 N–H and O–H groups in total. The Hall–Kier alpha value is -1.36. The maximum Gasteiger partial charge on any atom is 0.321 e. The lowest BCUT2D eigenvalue weighted by Gasteiger charge is -2.19. The van der Waals surface area contributed by atoms with Crippen LogP contribution in [-0.2, 0) is 17.3 Å². The minimum atomic E-state index is -0.941. The number of hydrogen-bond donors (Lipinski definition) is 2. The lowest BCUT2D eigenvalue weighted by atomic mass is 9.93. The zero-order valence-corrected chi connectivity index (χ0v) is 7.97. The van der Waals surface area contributed by atoms with Gasteiger partial charge in [-0.2, -0.15) is 5.10 Å². The topological polar surface area (TPSA) is 81.1 Å². The molecular formula is C9H13N3O2. The summed E-state index contributed by atoms with van der Waals surface area (Å²) in [5.74, 6) is -0.941. The average molecular weight is 195 g/mol. The number of nitrogens with zero attached hydrogens (tertiary/aromatic N) is 2. The Bertz CT molecular complexity index is 368. The average Bonchev–Trinajstić information content (AvgIpc) is 2.83. The van der Waals surface area contributed by atoms with Crippen LogP contribution in [-0.4, -0.2) is 26.9 Å². The molecule has 1 fully saturated rings. The lowest BCUT2D eigenvalue weighted by molar-refractivity contribution is -0.139. The minimum Gasteiger partial charge on any atom is -0.480 e. The van der Waals surface area contributed by atoms with E-state index < -0.39 is 12.0 Å². The molecule has 1 aliphatic carbocycles. The lowest BCUT2D eigenvalue weighted by Crippen LogP contribution is -2.42. The van der Waals surface area contributed by atoms with Crippen LogP contribution < -0.4 is 5.73 Å². The predicted octanol–water partition coefficient (Wildman–Crippen LogP) is -0.136. The van der Waals surface area contributed by atoms with E-state index >= 15 is 0 Å². The number of rotatable bonds is 3. The Balaban J connectivity index is 2.34. The molecule has 0 bridgehead atoms. The van der Waals surface area contributed by atoms with Crippen LogP contribution >= 0.6 is 0 Å². The van der Waals surface area contributed by atoms with Gasteiger partial charge in [-0.25, -0.2) is 0 Å². The van der Waals surface area contributed by atoms with Crippen molar-refractivity contribution in [3.8, 4) is 0 Å². The van der Waals surface area contributed by atoms with Crippen LogP contribution in [0.5, 0.6) is 0 Å². The van der Waals surface area contributed by atoms with Gasteiger partial charge in [0, 0.05) is 24.4 Å². The zero-order valence-electron chi connectivity index (χ0n) is 7.97. The van der Waals surface area contributed by atoms with Crippen molar-refractivity contribution in [2.24, 2.45) is 12.8 Å². The molecule has 5 heteroatoms. The van der Waals surface area contributed by atoms with Crippen LogP contribution in [0.4, 0.5) is 0 Å². The van der Waals surface area contributed by atoms with Gasteiger partial charge in [-0.15, -0.1) is 0 Å². The van der Waals surface area contributed by atoms with Gasteiger partial charge in [0.1, 0.15) is 6.04 Å². The van der Waals surface area contributed by atoms with Gasteiger partial charge >= 0.3 is 5.97 Å². The van der Waals surface area contributed by atoms with E-state index in [0.717, 1.165) is 18.5 Å². The molecular weight excluding hydrogens is 182 g/mol. The predicted molar refractivity (Wildman–Crippen MR) is 49.7 cm³/mol. The number of carboxylic acids is 1. The standard InChI is InChI=1S/C9H13N3O2/c1-12-6(2-5-11-12)9(3-4-9)7(10)8(13)14/h2,5,7H,3-4,10H2,1H3,(H,13,14). The number of aromatic nitrogens is 2. The van der Waals surface area contributed by atoms with E-state index in [0.29, 0.717) is 0 Å². The summed E-state index contributed by atoms with van der Waals surface area (Å²) in [6.45, 7) is 0. The smallest absolute Gasteiger partial charge is 0.321 e. The summed E-state index contributed by atoms with van der Waals surface area (Å²) < 4.78 is 1.70. The first-order valence-electron chi connectivity index (χ1n) is 4.55. The van der Waals surface area contributed by atoms with Crippen molar-refractivity contribution in [2.75, 3.05) is 0 Å². The molecule has 1 aromatic rings. The van der Waals surface area contributed by atoms with E-state index in [1.807, 2.05) is 13.1 Å². The molecule has 0 amide bonds. The number of nitrogens with two attached hydrogens (primary N) is 1. The Morgan fingerprint density at radius 2 is 2.43 bits per heavy atom. The number of hydrogen-bond acceptors (Lipinski definition) is 3. The molecule has 0 aromatic carbocycles. The normalized spacial score (nSPS) is 20.4. The Morgan fingerprint density at radius 3 is 2.79 bits per heavy atom. The number of carbonyl (C=O) groups is 1. The molecule has 1 saturated carbocycles. The second-order valence-corrected chi connectivity index (χ2v) is 3.81. The molecule has 1 atom stereocenters. The summed E-state index contributed by atoms with van der Waals surface area (Å²) in [7, 11) is 1.81. The highest BCUT2D eigenvalue weighted by Crippen LogP contribution is 2.50. The highest BCUT2D eigenvalue weighted by molar-refractivity contribution is 5.76. The van der Waals surface area contributed by atoms with Gasteiger partial charge in [-0.3, -0.25) is 9.48 Å². The van der Waals surface area contributed by atoms with Crippen LogP contribution in [0, 0.1) is 0 Å². The molecule has 0 aliphatic heterocycles. The van der Waals surface area contributed by atoms with Gasteiger partial charge in [0.2, 0.25) is 0 Å². The van der Waals surface area contributed by atoms with Crippen molar-refractivity contribution in [1.82, 2.24) is 9.78 Å². The molecule has 0 spiro atoms. The molecule has 1 unspecified atom stereocenters. The molecule has 76 valence electrons. The van der Waals surface area contributed by atoms with Crippen LogP contribution in [0.3, 0.4) is 0 Å². The fourth-order valence-corrected chi connectivity index (χ4v) is 1.96. The van der Waals surface area contributed by atoms with Crippen molar-refractivity contribution >= 4 is 5.97 Å². The third-order valence-corrected chi connectivity index (χ3v) is 2.98. The van der Waals surface area contributed by atoms with Gasteiger partial charge in [-0.05, 0) is 18.9 Å². The van der Waals surface area contributed by atoms with E-state index in [1.165, 1.54) is 0 Å². The van der Waals surface area contributed by atoms with Gasteiger partial charge in [0.15, 0.2) is 0 Å². The van der Waals surface area contributed by atoms with Crippen LogP contribution in [0.2, 0.25) is 0 Å². The molecule has 1 heterocycles. The van der Waals surface area contributed by atoms with Crippen LogP contribution in [0.25, 0.3) is 0 Å². The monoisotopic (exact) mass is 195 g/mol. The van der Waals surface area contributed by atoms with Crippen LogP contribution in [0.15, 0.2) is 12.3 Å². The third-order valence-electron chi connectivity index (χ3n) is 2.98. The largest absolute Gasteiger partial charge is 0.480 e.